The third-order valence-electron chi connectivity index (χ3n) is 6.88. The van der Waals surface area contributed by atoms with Gasteiger partial charge in [0.1, 0.15) is 5.82 Å². The van der Waals surface area contributed by atoms with E-state index in [4.69, 9.17) is 4.74 Å². The van der Waals surface area contributed by atoms with E-state index in [-0.39, 0.29) is 17.8 Å². The molecule has 7 heteroatoms. The van der Waals surface area contributed by atoms with E-state index in [1.54, 1.807) is 43.3 Å². The predicted molar refractivity (Wildman–Crippen MR) is 130 cm³/mol. The Kier molecular flexibility index (Phi) is 8.16. The topological polar surface area (TPSA) is 61.9 Å². The number of esters is 1. The Hall–Kier alpha value is -2.93. The molecule has 2 aliphatic heterocycles. The maximum absolute atomic E-state index is 13.1. The van der Waals surface area contributed by atoms with Crippen molar-refractivity contribution in [1.29, 1.82) is 0 Å². The van der Waals surface area contributed by atoms with Crippen molar-refractivity contribution < 1.29 is 18.7 Å². The van der Waals surface area contributed by atoms with E-state index in [9.17, 15) is 14.0 Å². The van der Waals surface area contributed by atoms with Crippen LogP contribution in [0.2, 0.25) is 0 Å². The Morgan fingerprint density at radius 3 is 2.32 bits per heavy atom. The number of benzene rings is 2. The van der Waals surface area contributed by atoms with Gasteiger partial charge in [-0.1, -0.05) is 12.1 Å². The van der Waals surface area contributed by atoms with Crippen molar-refractivity contribution in [2.75, 3.05) is 44.6 Å². The number of halogens is 1. The van der Waals surface area contributed by atoms with Crippen molar-refractivity contribution in [2.45, 2.75) is 32.6 Å². The highest BCUT2D eigenvalue weighted by Crippen LogP contribution is 2.25. The van der Waals surface area contributed by atoms with Gasteiger partial charge in [-0.25, -0.2) is 14.0 Å². The average Bonchev–Trinajstić information content (AvgIpc) is 3.31. The van der Waals surface area contributed by atoms with Gasteiger partial charge in [-0.3, -0.25) is 0 Å². The summed E-state index contributed by atoms with van der Waals surface area (Å²) in [6.07, 6.45) is 4.36. The van der Waals surface area contributed by atoms with Gasteiger partial charge in [0.05, 0.1) is 12.2 Å². The molecule has 0 saturated carbocycles. The predicted octanol–water partition coefficient (Wildman–Crippen LogP) is 4.81. The molecule has 1 N–H and O–H groups in total. The molecule has 2 aromatic rings. The summed E-state index contributed by atoms with van der Waals surface area (Å²) in [5, 5.41) is 2.94. The van der Waals surface area contributed by atoms with Gasteiger partial charge in [0.15, 0.2) is 0 Å². The van der Waals surface area contributed by atoms with Crippen LogP contribution < -0.4 is 5.32 Å². The lowest BCUT2D eigenvalue weighted by molar-refractivity contribution is 0.0526. The highest BCUT2D eigenvalue weighted by molar-refractivity contribution is 5.92. The fraction of sp³-hybridized carbons (Fsp3) is 0.481. The zero-order chi connectivity index (χ0) is 23.9. The van der Waals surface area contributed by atoms with Crippen molar-refractivity contribution in [3.8, 4) is 0 Å². The maximum atomic E-state index is 13.1. The lowest BCUT2D eigenvalue weighted by Crippen LogP contribution is -2.39. The molecule has 2 fully saturated rings. The average molecular weight is 468 g/mol. The summed E-state index contributed by atoms with van der Waals surface area (Å²) in [4.78, 5) is 28.9. The number of nitrogens with one attached hydrogen (secondary N) is 1. The third kappa shape index (κ3) is 6.56. The summed E-state index contributed by atoms with van der Waals surface area (Å²) in [6, 6.07) is 13.6. The SMILES string of the molecule is CCOC(=O)c1ccc(NC(=O)N2CCC(CN3CCC(Cc4ccc(F)cc4)CC3)C2)cc1. The molecule has 0 aliphatic carbocycles. The largest absolute Gasteiger partial charge is 0.462 e. The molecular formula is C27H34FN3O3. The van der Waals surface area contributed by atoms with Gasteiger partial charge in [0.2, 0.25) is 0 Å². The molecule has 1 atom stereocenters. The lowest BCUT2D eigenvalue weighted by atomic mass is 9.90. The number of likely N-dealkylation sites (tertiary alicyclic amines) is 2. The van der Waals surface area contributed by atoms with Crippen LogP contribution in [0.5, 0.6) is 0 Å². The molecule has 0 radical (unpaired) electrons. The van der Waals surface area contributed by atoms with E-state index < -0.39 is 0 Å². The second kappa shape index (κ2) is 11.5. The van der Waals surface area contributed by atoms with Crippen molar-refractivity contribution in [3.05, 3.63) is 65.5 Å². The van der Waals surface area contributed by atoms with E-state index in [2.05, 4.69) is 10.2 Å². The summed E-state index contributed by atoms with van der Waals surface area (Å²) in [5.41, 5.74) is 2.36. The van der Waals surface area contributed by atoms with Gasteiger partial charge in [0, 0.05) is 25.3 Å². The molecule has 4 rings (SSSR count). The van der Waals surface area contributed by atoms with Gasteiger partial charge in [-0.05, 0) is 99.5 Å². The Morgan fingerprint density at radius 1 is 0.971 bits per heavy atom. The number of urea groups is 1. The van der Waals surface area contributed by atoms with E-state index >= 15 is 0 Å². The van der Waals surface area contributed by atoms with Gasteiger partial charge in [0.25, 0.3) is 0 Å². The number of anilines is 1. The summed E-state index contributed by atoms with van der Waals surface area (Å²) in [6.45, 7) is 6.83. The first kappa shape index (κ1) is 24.2. The van der Waals surface area contributed by atoms with Crippen LogP contribution in [0.25, 0.3) is 0 Å². The van der Waals surface area contributed by atoms with Crippen LogP contribution in [0, 0.1) is 17.7 Å². The first-order chi connectivity index (χ1) is 16.5. The molecular weight excluding hydrogens is 433 g/mol. The van der Waals surface area contributed by atoms with Gasteiger partial charge >= 0.3 is 12.0 Å². The van der Waals surface area contributed by atoms with E-state index in [1.165, 1.54) is 5.56 Å². The van der Waals surface area contributed by atoms with Gasteiger partial charge in [-0.2, -0.15) is 0 Å². The second-order valence-electron chi connectivity index (χ2n) is 9.40. The molecule has 0 bridgehead atoms. The first-order valence-corrected chi connectivity index (χ1v) is 12.3. The summed E-state index contributed by atoms with van der Waals surface area (Å²) < 4.78 is 18.1. The maximum Gasteiger partial charge on any atom is 0.338 e. The van der Waals surface area contributed by atoms with E-state index in [0.29, 0.717) is 29.7 Å². The van der Waals surface area contributed by atoms with Crippen LogP contribution in [0.3, 0.4) is 0 Å². The molecule has 6 nitrogen and oxygen atoms in total. The van der Waals surface area contributed by atoms with E-state index in [1.807, 2.05) is 17.0 Å². The number of amides is 2. The Balaban J connectivity index is 1.18. The van der Waals surface area contributed by atoms with Crippen LogP contribution in [0.4, 0.5) is 14.9 Å². The Bertz CT molecular complexity index is 956. The van der Waals surface area contributed by atoms with Crippen LogP contribution in [0.1, 0.15) is 42.1 Å². The van der Waals surface area contributed by atoms with Gasteiger partial charge in [-0.15, -0.1) is 0 Å². The fourth-order valence-corrected chi connectivity index (χ4v) is 4.96. The Labute approximate surface area is 201 Å². The zero-order valence-corrected chi connectivity index (χ0v) is 19.8. The molecule has 0 spiro atoms. The molecule has 2 amide bonds. The minimum atomic E-state index is -0.359. The summed E-state index contributed by atoms with van der Waals surface area (Å²) >= 11 is 0. The second-order valence-corrected chi connectivity index (χ2v) is 9.40. The molecule has 182 valence electrons. The molecule has 34 heavy (non-hydrogen) atoms. The number of hydrogen-bond donors (Lipinski definition) is 1. The standard InChI is InChI=1S/C27H34FN3O3/c1-2-34-26(32)23-5-9-25(10-6-23)29-27(33)31-16-13-22(19-31)18-30-14-11-21(12-15-30)17-20-3-7-24(28)8-4-20/h3-10,21-22H,2,11-19H2,1H3,(H,29,33). The van der Waals surface area contributed by atoms with Gasteiger partial charge < -0.3 is 19.9 Å². The number of carbonyl (C=O) groups excluding carboxylic acids is 2. The fourth-order valence-electron chi connectivity index (χ4n) is 4.96. The molecule has 2 aromatic carbocycles. The van der Waals surface area contributed by atoms with E-state index in [0.717, 1.165) is 58.4 Å². The third-order valence-corrected chi connectivity index (χ3v) is 6.88. The highest BCUT2D eigenvalue weighted by Gasteiger charge is 2.29. The molecule has 2 aliphatic rings. The summed E-state index contributed by atoms with van der Waals surface area (Å²) in [5.74, 6) is 0.611. The number of hydrogen-bond acceptors (Lipinski definition) is 4. The zero-order valence-electron chi connectivity index (χ0n) is 19.8. The van der Waals surface area contributed by atoms with Crippen molar-refractivity contribution in [2.24, 2.45) is 11.8 Å². The van der Waals surface area contributed by atoms with Crippen LogP contribution in [0.15, 0.2) is 48.5 Å². The number of ether oxygens (including phenoxy) is 1. The minimum absolute atomic E-state index is 0.0932. The first-order valence-electron chi connectivity index (χ1n) is 12.3. The normalized spacial score (nSPS) is 19.2. The smallest absolute Gasteiger partial charge is 0.338 e. The molecule has 1 unspecified atom stereocenters. The lowest BCUT2D eigenvalue weighted by Gasteiger charge is -2.33. The van der Waals surface area contributed by atoms with Crippen LogP contribution in [-0.2, 0) is 11.2 Å². The van der Waals surface area contributed by atoms with Crippen molar-refractivity contribution in [1.82, 2.24) is 9.80 Å². The van der Waals surface area contributed by atoms with Crippen molar-refractivity contribution in [3.63, 3.8) is 0 Å². The van der Waals surface area contributed by atoms with Crippen molar-refractivity contribution >= 4 is 17.7 Å². The molecule has 2 saturated heterocycles. The molecule has 0 aromatic heterocycles. The van der Waals surface area contributed by atoms with Crippen LogP contribution in [-0.4, -0.2) is 61.1 Å². The quantitative estimate of drug-likeness (QED) is 0.594. The number of carbonyl (C=O) groups is 2. The highest BCUT2D eigenvalue weighted by atomic mass is 19.1. The molecule has 2 heterocycles. The number of rotatable bonds is 7. The Morgan fingerprint density at radius 2 is 1.65 bits per heavy atom. The number of piperidine rings is 1. The monoisotopic (exact) mass is 467 g/mol. The van der Waals surface area contributed by atoms with Crippen LogP contribution >= 0.6 is 0 Å². The summed E-state index contributed by atoms with van der Waals surface area (Å²) in [7, 11) is 0. The minimum Gasteiger partial charge on any atom is -0.462 e. The number of nitrogens with zero attached hydrogens (tertiary/aromatic N) is 2.